The van der Waals surface area contributed by atoms with E-state index >= 15 is 0 Å². The maximum Gasteiger partial charge on any atom is 0.0471 e. The van der Waals surface area contributed by atoms with Crippen molar-refractivity contribution in [3.63, 3.8) is 0 Å². The first-order valence-electron chi connectivity index (χ1n) is 8.98. The summed E-state index contributed by atoms with van der Waals surface area (Å²) in [7, 11) is 0. The molecule has 1 aromatic carbocycles. The number of nitrogens with zero attached hydrogens (tertiary/aromatic N) is 2. The highest BCUT2D eigenvalue weighted by atomic mass is 14.7. The zero-order chi connectivity index (χ0) is 15.5. The van der Waals surface area contributed by atoms with E-state index in [9.17, 15) is 0 Å². The van der Waals surface area contributed by atoms with Gasteiger partial charge >= 0.3 is 0 Å². The lowest BCUT2D eigenvalue weighted by Gasteiger charge is -2.06. The Labute approximate surface area is 135 Å². The van der Waals surface area contributed by atoms with Crippen LogP contribution >= 0.6 is 0 Å². The second-order valence-corrected chi connectivity index (χ2v) is 6.45. The third-order valence-electron chi connectivity index (χ3n) is 4.29. The van der Waals surface area contributed by atoms with Crippen molar-refractivity contribution in [3.8, 4) is 0 Å². The molecule has 2 nitrogen and oxygen atoms in total. The van der Waals surface area contributed by atoms with Crippen molar-refractivity contribution in [2.45, 2.75) is 70.8 Å². The average Bonchev–Trinajstić information content (AvgIpc) is 2.53. The molecule has 2 heteroatoms. The lowest BCUT2D eigenvalue weighted by atomic mass is 10.1. The van der Waals surface area contributed by atoms with Gasteiger partial charge in [0.25, 0.3) is 0 Å². The van der Waals surface area contributed by atoms with E-state index in [1.165, 1.54) is 68.9 Å². The van der Waals surface area contributed by atoms with Gasteiger partial charge in [-0.1, -0.05) is 63.1 Å². The van der Waals surface area contributed by atoms with Crippen LogP contribution in [0.1, 0.15) is 75.8 Å². The minimum absolute atomic E-state index is 0.427. The van der Waals surface area contributed by atoms with E-state index in [4.69, 9.17) is 4.99 Å². The summed E-state index contributed by atoms with van der Waals surface area (Å²) in [6, 6.07) is 8.92. The van der Waals surface area contributed by atoms with Crippen molar-refractivity contribution in [2.24, 2.45) is 9.98 Å². The summed E-state index contributed by atoms with van der Waals surface area (Å²) < 4.78 is 0. The normalized spacial score (nSPS) is 22.0. The molecule has 0 aliphatic carbocycles. The van der Waals surface area contributed by atoms with Crippen molar-refractivity contribution >= 4 is 12.4 Å². The van der Waals surface area contributed by atoms with Crippen LogP contribution in [0.15, 0.2) is 34.3 Å². The Bertz CT molecular complexity index is 476. The van der Waals surface area contributed by atoms with Gasteiger partial charge in [-0.05, 0) is 37.0 Å². The average molecular weight is 298 g/mol. The third kappa shape index (κ3) is 7.02. The quantitative estimate of drug-likeness (QED) is 0.609. The van der Waals surface area contributed by atoms with E-state index in [1.54, 1.807) is 0 Å². The second kappa shape index (κ2) is 10.3. The van der Waals surface area contributed by atoms with Gasteiger partial charge in [-0.3, -0.25) is 9.98 Å². The fraction of sp³-hybridized carbons (Fsp3) is 0.600. The molecule has 1 heterocycles. The van der Waals surface area contributed by atoms with Gasteiger partial charge < -0.3 is 0 Å². The van der Waals surface area contributed by atoms with E-state index in [2.05, 4.69) is 36.2 Å². The summed E-state index contributed by atoms with van der Waals surface area (Å²) in [6.07, 6.45) is 16.0. The molecule has 1 atom stereocenters. The summed E-state index contributed by atoms with van der Waals surface area (Å²) in [5.74, 6) is 0. The molecule has 1 aromatic rings. The van der Waals surface area contributed by atoms with Gasteiger partial charge in [-0.2, -0.15) is 0 Å². The molecule has 0 aromatic heterocycles. The van der Waals surface area contributed by atoms with Gasteiger partial charge in [-0.15, -0.1) is 0 Å². The highest BCUT2D eigenvalue weighted by Gasteiger charge is 1.99. The van der Waals surface area contributed by atoms with Crippen LogP contribution in [0.4, 0.5) is 0 Å². The van der Waals surface area contributed by atoms with Gasteiger partial charge in [0, 0.05) is 25.0 Å². The molecule has 1 aliphatic rings. The van der Waals surface area contributed by atoms with E-state index in [0.29, 0.717) is 6.04 Å². The number of hydrogen-bond acceptors (Lipinski definition) is 2. The Kier molecular flexibility index (Phi) is 7.93. The molecule has 0 saturated heterocycles. The standard InChI is InChI=1S/C20H30N2/c1-18-11-8-6-4-2-3-5-7-9-14-21-16-19-12-10-13-20(15-19)17-22-18/h10,12-13,15-18H,2-9,11,14H2,1H3. The molecule has 1 aliphatic heterocycles. The van der Waals surface area contributed by atoms with E-state index in [-0.39, 0.29) is 0 Å². The summed E-state index contributed by atoms with van der Waals surface area (Å²) in [5, 5.41) is 0. The van der Waals surface area contributed by atoms with Crippen LogP contribution in [0.3, 0.4) is 0 Å². The molecule has 0 amide bonds. The summed E-state index contributed by atoms with van der Waals surface area (Å²) in [6.45, 7) is 3.18. The van der Waals surface area contributed by atoms with Gasteiger partial charge in [0.1, 0.15) is 0 Å². The smallest absolute Gasteiger partial charge is 0.0471 e. The van der Waals surface area contributed by atoms with Gasteiger partial charge in [0.2, 0.25) is 0 Å². The Morgan fingerprint density at radius 1 is 0.818 bits per heavy atom. The SMILES string of the molecule is CC1CCCCCCCCCCN=Cc2cccc(c2)C=N1. The van der Waals surface area contributed by atoms with Crippen molar-refractivity contribution < 1.29 is 0 Å². The van der Waals surface area contributed by atoms with Crippen LogP contribution in [0, 0.1) is 0 Å². The number of aliphatic imine (C=N–C) groups is 2. The number of hydrogen-bond donors (Lipinski definition) is 0. The predicted molar refractivity (Wildman–Crippen MR) is 97.5 cm³/mol. The van der Waals surface area contributed by atoms with Gasteiger partial charge in [0.15, 0.2) is 0 Å². The summed E-state index contributed by atoms with van der Waals surface area (Å²) >= 11 is 0. The van der Waals surface area contributed by atoms with Crippen LogP contribution in [-0.4, -0.2) is 25.0 Å². The molecule has 120 valence electrons. The van der Waals surface area contributed by atoms with Gasteiger partial charge in [0.05, 0.1) is 0 Å². The molecular formula is C20H30N2. The molecular weight excluding hydrogens is 268 g/mol. The molecule has 22 heavy (non-hydrogen) atoms. The first kappa shape index (κ1) is 16.9. The lowest BCUT2D eigenvalue weighted by molar-refractivity contribution is 0.540. The minimum Gasteiger partial charge on any atom is -0.293 e. The van der Waals surface area contributed by atoms with Crippen molar-refractivity contribution in [3.05, 3.63) is 35.4 Å². The number of fused-ring (bicyclic) bond motifs is 2. The monoisotopic (exact) mass is 298 g/mol. The third-order valence-corrected chi connectivity index (χ3v) is 4.29. The van der Waals surface area contributed by atoms with Crippen molar-refractivity contribution in [1.29, 1.82) is 0 Å². The first-order chi connectivity index (χ1) is 10.8. The van der Waals surface area contributed by atoms with E-state index in [1.807, 2.05) is 12.4 Å². The van der Waals surface area contributed by atoms with Crippen LogP contribution in [-0.2, 0) is 0 Å². The highest BCUT2D eigenvalue weighted by Crippen LogP contribution is 2.12. The molecule has 0 N–H and O–H groups in total. The van der Waals surface area contributed by atoms with E-state index in [0.717, 1.165) is 6.54 Å². The van der Waals surface area contributed by atoms with E-state index < -0.39 is 0 Å². The summed E-state index contributed by atoms with van der Waals surface area (Å²) in [4.78, 5) is 9.25. The molecule has 0 fully saturated rings. The van der Waals surface area contributed by atoms with Gasteiger partial charge in [-0.25, -0.2) is 0 Å². The Morgan fingerprint density at radius 3 is 2.23 bits per heavy atom. The Morgan fingerprint density at radius 2 is 1.45 bits per heavy atom. The molecule has 2 rings (SSSR count). The largest absolute Gasteiger partial charge is 0.293 e. The fourth-order valence-electron chi connectivity index (χ4n) is 2.88. The number of rotatable bonds is 0. The zero-order valence-corrected chi connectivity index (χ0v) is 14.0. The minimum atomic E-state index is 0.427. The lowest BCUT2D eigenvalue weighted by Crippen LogP contribution is -1.99. The van der Waals surface area contributed by atoms with Crippen molar-refractivity contribution in [1.82, 2.24) is 0 Å². The van der Waals surface area contributed by atoms with Crippen LogP contribution < -0.4 is 0 Å². The topological polar surface area (TPSA) is 24.7 Å². The molecule has 0 spiro atoms. The molecule has 2 bridgehead atoms. The number of benzene rings is 1. The van der Waals surface area contributed by atoms with Crippen LogP contribution in [0.25, 0.3) is 0 Å². The molecule has 1 unspecified atom stereocenters. The molecule has 0 saturated carbocycles. The zero-order valence-electron chi connectivity index (χ0n) is 14.0. The Hall–Kier alpha value is -1.44. The first-order valence-corrected chi connectivity index (χ1v) is 8.98. The van der Waals surface area contributed by atoms with Crippen LogP contribution in [0.5, 0.6) is 0 Å². The Balaban J connectivity index is 1.97. The maximum atomic E-state index is 4.69. The molecule has 0 radical (unpaired) electrons. The fourth-order valence-corrected chi connectivity index (χ4v) is 2.88. The van der Waals surface area contributed by atoms with Crippen LogP contribution in [0.2, 0.25) is 0 Å². The predicted octanol–water partition coefficient (Wildman–Crippen LogP) is 5.44. The summed E-state index contributed by atoms with van der Waals surface area (Å²) in [5.41, 5.74) is 2.36. The van der Waals surface area contributed by atoms with Crippen molar-refractivity contribution in [2.75, 3.05) is 6.54 Å². The second-order valence-electron chi connectivity index (χ2n) is 6.45. The maximum absolute atomic E-state index is 4.69. The highest BCUT2D eigenvalue weighted by molar-refractivity contribution is 5.86.